The Morgan fingerprint density at radius 2 is 1.76 bits per heavy atom. The van der Waals surface area contributed by atoms with Crippen LogP contribution in [0.1, 0.15) is 11.7 Å². The molecule has 1 unspecified atom stereocenters. The summed E-state index contributed by atoms with van der Waals surface area (Å²) in [4.78, 5) is 0. The highest BCUT2D eigenvalue weighted by Gasteiger charge is 2.18. The second-order valence-corrected chi connectivity index (χ2v) is 5.25. The van der Waals surface area contributed by atoms with Crippen molar-refractivity contribution in [2.45, 2.75) is 6.04 Å². The molecule has 0 aliphatic heterocycles. The molecule has 0 spiro atoms. The normalized spacial score (nSPS) is 11.6. The van der Waals surface area contributed by atoms with Crippen molar-refractivity contribution in [3.8, 4) is 17.4 Å². The van der Waals surface area contributed by atoms with Crippen molar-refractivity contribution >= 4 is 18.4 Å². The van der Waals surface area contributed by atoms with E-state index in [1.165, 1.54) is 48.5 Å². The third kappa shape index (κ3) is 3.83. The summed E-state index contributed by atoms with van der Waals surface area (Å²) in [6.45, 7) is 0. The number of aromatic nitrogens is 1. The molecule has 1 heterocycles. The highest BCUT2D eigenvalue weighted by Crippen LogP contribution is 2.25. The van der Waals surface area contributed by atoms with Gasteiger partial charge in [-0.05, 0) is 41.9 Å². The van der Waals surface area contributed by atoms with Crippen LogP contribution in [0.15, 0.2) is 59.1 Å². The van der Waals surface area contributed by atoms with Gasteiger partial charge in [0, 0.05) is 17.3 Å². The fourth-order valence-electron chi connectivity index (χ4n) is 2.24. The van der Waals surface area contributed by atoms with E-state index in [0.29, 0.717) is 22.7 Å². The van der Waals surface area contributed by atoms with E-state index in [4.69, 9.17) is 4.52 Å². The number of anilines is 1. The molecule has 3 aromatic rings. The number of nitrogens with one attached hydrogen (secondary N) is 1. The summed E-state index contributed by atoms with van der Waals surface area (Å²) in [5.74, 6) is 0.0254. The minimum absolute atomic E-state index is 0.0981. The van der Waals surface area contributed by atoms with Gasteiger partial charge in [-0.1, -0.05) is 17.3 Å². The van der Waals surface area contributed by atoms with E-state index in [-0.39, 0.29) is 11.3 Å². The molecule has 0 saturated carbocycles. The highest BCUT2D eigenvalue weighted by atomic mass is 19.2. The molecule has 0 aliphatic carbocycles. The van der Waals surface area contributed by atoms with Gasteiger partial charge in [-0.3, -0.25) is 8.63 Å². The topological polar surface area (TPSA) is 61.9 Å². The van der Waals surface area contributed by atoms with E-state index in [9.17, 15) is 18.3 Å². The van der Waals surface area contributed by atoms with Crippen LogP contribution in [-0.2, 0) is 0 Å². The van der Waals surface area contributed by atoms with E-state index >= 15 is 0 Å². The molecule has 3 rings (SSSR count). The molecule has 0 radical (unpaired) electrons. The monoisotopic (exact) mass is 341 g/mol. The molecule has 0 saturated heterocycles. The molecule has 1 N–H and O–H groups in total. The lowest BCUT2D eigenvalue weighted by molar-refractivity contribution is 0.422. The minimum atomic E-state index is -2.55. The molecular weight excluding hydrogens is 330 g/mol. The number of benzene rings is 2. The maximum absolute atomic E-state index is 13.0. The number of hydrogen-bond donors (Lipinski definition) is 1. The molecule has 4 nitrogen and oxygen atoms in total. The first-order valence-electron chi connectivity index (χ1n) is 7.33. The van der Waals surface area contributed by atoms with E-state index in [1.807, 2.05) is 6.07 Å². The van der Waals surface area contributed by atoms with Crippen molar-refractivity contribution in [2.75, 3.05) is 5.32 Å². The maximum atomic E-state index is 13.0. The van der Waals surface area contributed by atoms with Crippen molar-refractivity contribution in [1.29, 1.82) is 5.26 Å². The van der Waals surface area contributed by atoms with Crippen molar-refractivity contribution in [3.63, 3.8) is 0 Å². The fraction of sp³-hybridized carbons (Fsp3) is 0.0588. The molecule has 8 heteroatoms. The predicted octanol–water partition coefficient (Wildman–Crippen LogP) is 3.79. The van der Waals surface area contributed by atoms with Gasteiger partial charge in [0.05, 0.1) is 6.07 Å². The molecule has 0 amide bonds. The zero-order valence-electron chi connectivity index (χ0n) is 12.8. The lowest BCUT2D eigenvalue weighted by Gasteiger charge is -2.10. The second kappa shape index (κ2) is 7.13. The van der Waals surface area contributed by atoms with Crippen LogP contribution in [0.3, 0.4) is 0 Å². The van der Waals surface area contributed by atoms with Gasteiger partial charge in [-0.15, -0.1) is 0 Å². The summed E-state index contributed by atoms with van der Waals surface area (Å²) < 4.78 is 43.3. The van der Waals surface area contributed by atoms with E-state index in [2.05, 4.69) is 10.5 Å². The summed E-state index contributed by atoms with van der Waals surface area (Å²) in [5.41, 5.74) is 1.36. The SMILES string of the molecule is N#CC(Nc1ccc(B(F)F)cc1)c1cc(-c2ccc(F)cc2)on1. The second-order valence-electron chi connectivity index (χ2n) is 5.25. The highest BCUT2D eigenvalue weighted by molar-refractivity contribution is 6.59. The van der Waals surface area contributed by atoms with Crippen LogP contribution in [0.2, 0.25) is 0 Å². The van der Waals surface area contributed by atoms with Crippen molar-refractivity contribution in [3.05, 3.63) is 66.1 Å². The first kappa shape index (κ1) is 16.6. The first-order valence-corrected chi connectivity index (χ1v) is 7.33. The van der Waals surface area contributed by atoms with Gasteiger partial charge in [0.15, 0.2) is 11.8 Å². The minimum Gasteiger partial charge on any atom is -0.365 e. The summed E-state index contributed by atoms with van der Waals surface area (Å²) in [5, 5.41) is 16.1. The van der Waals surface area contributed by atoms with Gasteiger partial charge in [-0.2, -0.15) is 5.26 Å². The average molecular weight is 341 g/mol. The molecule has 0 aliphatic rings. The van der Waals surface area contributed by atoms with E-state index in [0.717, 1.165) is 0 Å². The Morgan fingerprint density at radius 1 is 1.08 bits per heavy atom. The Bertz CT molecular complexity index is 889. The Hall–Kier alpha value is -3.21. The lowest BCUT2D eigenvalue weighted by atomic mass is 9.86. The molecule has 25 heavy (non-hydrogen) atoms. The van der Waals surface area contributed by atoms with E-state index in [1.54, 1.807) is 6.07 Å². The smallest absolute Gasteiger partial charge is 0.365 e. The molecule has 2 aromatic carbocycles. The van der Waals surface area contributed by atoms with Gasteiger partial charge < -0.3 is 9.84 Å². The zero-order valence-corrected chi connectivity index (χ0v) is 12.8. The van der Waals surface area contributed by atoms with Crippen LogP contribution in [0.5, 0.6) is 0 Å². The number of halogens is 3. The number of nitrogens with zero attached hydrogens (tertiary/aromatic N) is 2. The molecule has 1 aromatic heterocycles. The third-order valence-electron chi connectivity index (χ3n) is 3.56. The standard InChI is InChI=1S/C17H11BF3N3O/c19-13-5-1-11(2-6-13)17-9-15(24-25-17)16(10-22)23-14-7-3-12(4-8-14)18(20)21/h1-9,16,23H. The summed E-state index contributed by atoms with van der Waals surface area (Å²) in [6.07, 6.45) is 0. The number of nitriles is 1. The molecule has 0 fully saturated rings. The average Bonchev–Trinajstić information content (AvgIpc) is 3.10. The first-order chi connectivity index (χ1) is 12.1. The summed E-state index contributed by atoms with van der Waals surface area (Å²) in [6, 6.07) is 14.0. The van der Waals surface area contributed by atoms with Gasteiger partial charge in [-0.25, -0.2) is 4.39 Å². The Balaban J connectivity index is 1.77. The molecule has 1 atom stereocenters. The lowest BCUT2D eigenvalue weighted by Crippen LogP contribution is -2.20. The summed E-state index contributed by atoms with van der Waals surface area (Å²) >= 11 is 0. The Kier molecular flexibility index (Phi) is 4.75. The summed E-state index contributed by atoms with van der Waals surface area (Å²) in [7, 11) is -2.55. The van der Waals surface area contributed by atoms with Crippen LogP contribution >= 0.6 is 0 Å². The van der Waals surface area contributed by atoms with Crippen molar-refractivity contribution in [1.82, 2.24) is 5.16 Å². The van der Waals surface area contributed by atoms with Crippen LogP contribution in [0.4, 0.5) is 18.7 Å². The van der Waals surface area contributed by atoms with Gasteiger partial charge in [0.2, 0.25) is 0 Å². The van der Waals surface area contributed by atoms with Gasteiger partial charge >= 0.3 is 7.27 Å². The van der Waals surface area contributed by atoms with E-state index < -0.39 is 13.3 Å². The van der Waals surface area contributed by atoms with Crippen LogP contribution in [-0.4, -0.2) is 12.4 Å². The molecule has 124 valence electrons. The maximum Gasteiger partial charge on any atom is 0.571 e. The Labute approximate surface area is 142 Å². The third-order valence-corrected chi connectivity index (χ3v) is 3.56. The van der Waals surface area contributed by atoms with Gasteiger partial charge in [0.25, 0.3) is 0 Å². The zero-order chi connectivity index (χ0) is 17.8. The van der Waals surface area contributed by atoms with Crippen LogP contribution in [0, 0.1) is 17.1 Å². The number of hydrogen-bond acceptors (Lipinski definition) is 4. The van der Waals surface area contributed by atoms with Crippen molar-refractivity contribution in [2.24, 2.45) is 0 Å². The van der Waals surface area contributed by atoms with Crippen LogP contribution < -0.4 is 10.8 Å². The van der Waals surface area contributed by atoms with Crippen LogP contribution in [0.25, 0.3) is 11.3 Å². The quantitative estimate of drug-likeness (QED) is 0.717. The molecule has 0 bridgehead atoms. The van der Waals surface area contributed by atoms with Crippen molar-refractivity contribution < 1.29 is 17.5 Å². The van der Waals surface area contributed by atoms with Gasteiger partial charge in [0.1, 0.15) is 11.5 Å². The predicted molar refractivity (Wildman–Crippen MR) is 87.9 cm³/mol. The number of rotatable bonds is 5. The largest absolute Gasteiger partial charge is 0.571 e. The Morgan fingerprint density at radius 3 is 2.36 bits per heavy atom. The fourth-order valence-corrected chi connectivity index (χ4v) is 2.24. The molecular formula is C17H11BF3N3O.